The van der Waals surface area contributed by atoms with Gasteiger partial charge in [-0.05, 0) is 36.4 Å². The van der Waals surface area contributed by atoms with Gasteiger partial charge in [0.25, 0.3) is 0 Å². The SMILES string of the molecule is CNC(=O)CN(C)Cc1ccc(F)cc1C=CC(=O)O. The van der Waals surface area contributed by atoms with E-state index in [1.165, 1.54) is 18.2 Å². The van der Waals surface area contributed by atoms with Gasteiger partial charge in [-0.3, -0.25) is 9.69 Å². The number of carbonyl (C=O) groups excluding carboxylic acids is 1. The smallest absolute Gasteiger partial charge is 0.328 e. The Balaban J connectivity index is 2.88. The quantitative estimate of drug-likeness (QED) is 0.766. The van der Waals surface area contributed by atoms with Crippen LogP contribution in [-0.2, 0) is 16.1 Å². The summed E-state index contributed by atoms with van der Waals surface area (Å²) in [5, 5.41) is 11.1. The largest absolute Gasteiger partial charge is 0.478 e. The van der Waals surface area contributed by atoms with Crippen LogP contribution in [0.1, 0.15) is 11.1 Å². The van der Waals surface area contributed by atoms with E-state index in [1.807, 2.05) is 0 Å². The van der Waals surface area contributed by atoms with E-state index in [0.29, 0.717) is 12.1 Å². The highest BCUT2D eigenvalue weighted by atomic mass is 19.1. The van der Waals surface area contributed by atoms with Crippen molar-refractivity contribution >= 4 is 18.0 Å². The molecule has 6 heteroatoms. The van der Waals surface area contributed by atoms with E-state index in [9.17, 15) is 14.0 Å². The normalized spacial score (nSPS) is 11.0. The average Bonchev–Trinajstić information content (AvgIpc) is 2.38. The molecule has 108 valence electrons. The van der Waals surface area contributed by atoms with Gasteiger partial charge in [0.1, 0.15) is 5.82 Å². The van der Waals surface area contributed by atoms with Crippen molar-refractivity contribution < 1.29 is 19.1 Å². The van der Waals surface area contributed by atoms with Crippen molar-refractivity contribution in [2.75, 3.05) is 20.6 Å². The number of benzene rings is 1. The third-order valence-corrected chi connectivity index (χ3v) is 2.65. The van der Waals surface area contributed by atoms with Gasteiger partial charge >= 0.3 is 5.97 Å². The standard InChI is InChI=1S/C14H17FN2O3/c1-16-13(18)9-17(2)8-11-3-5-12(15)7-10(11)4-6-14(19)20/h3-7H,8-9H2,1-2H3,(H,16,18)(H,19,20). The molecule has 0 spiro atoms. The molecule has 0 radical (unpaired) electrons. The topological polar surface area (TPSA) is 69.6 Å². The number of halogens is 1. The average molecular weight is 280 g/mol. The summed E-state index contributed by atoms with van der Waals surface area (Å²) in [6.45, 7) is 0.614. The zero-order valence-corrected chi connectivity index (χ0v) is 11.4. The molecule has 0 saturated heterocycles. The number of carboxylic acid groups (broad SMARTS) is 1. The van der Waals surface area contributed by atoms with Crippen molar-refractivity contribution in [1.82, 2.24) is 10.2 Å². The molecule has 1 rings (SSSR count). The first-order valence-corrected chi connectivity index (χ1v) is 6.01. The Kier molecular flexibility index (Phi) is 5.86. The molecule has 0 bridgehead atoms. The van der Waals surface area contributed by atoms with E-state index < -0.39 is 11.8 Å². The second kappa shape index (κ2) is 7.40. The highest BCUT2D eigenvalue weighted by Gasteiger charge is 2.08. The third kappa shape index (κ3) is 5.19. The van der Waals surface area contributed by atoms with Gasteiger partial charge in [-0.2, -0.15) is 0 Å². The predicted molar refractivity (Wildman–Crippen MR) is 73.5 cm³/mol. The molecule has 0 atom stereocenters. The van der Waals surface area contributed by atoms with Gasteiger partial charge in [0.2, 0.25) is 5.91 Å². The van der Waals surface area contributed by atoms with Gasteiger partial charge < -0.3 is 10.4 Å². The van der Waals surface area contributed by atoms with Crippen LogP contribution in [0.4, 0.5) is 4.39 Å². The fourth-order valence-electron chi connectivity index (χ4n) is 1.70. The monoisotopic (exact) mass is 280 g/mol. The summed E-state index contributed by atoms with van der Waals surface area (Å²) >= 11 is 0. The predicted octanol–water partition coefficient (Wildman–Crippen LogP) is 1.10. The molecule has 0 aliphatic carbocycles. The van der Waals surface area contributed by atoms with Gasteiger partial charge in [0.05, 0.1) is 6.54 Å². The van der Waals surface area contributed by atoms with Crippen LogP contribution in [0.15, 0.2) is 24.3 Å². The number of nitrogens with zero attached hydrogens (tertiary/aromatic N) is 1. The van der Waals surface area contributed by atoms with Crippen LogP contribution in [0.25, 0.3) is 6.08 Å². The highest BCUT2D eigenvalue weighted by molar-refractivity contribution is 5.85. The van der Waals surface area contributed by atoms with E-state index in [0.717, 1.165) is 11.6 Å². The van der Waals surface area contributed by atoms with Crippen molar-refractivity contribution in [3.63, 3.8) is 0 Å². The summed E-state index contributed by atoms with van der Waals surface area (Å²) in [4.78, 5) is 23.5. The minimum Gasteiger partial charge on any atom is -0.478 e. The first-order valence-electron chi connectivity index (χ1n) is 6.01. The maximum atomic E-state index is 13.2. The molecule has 2 N–H and O–H groups in total. The lowest BCUT2D eigenvalue weighted by atomic mass is 10.1. The number of hydrogen-bond acceptors (Lipinski definition) is 3. The van der Waals surface area contributed by atoms with Crippen molar-refractivity contribution in [2.45, 2.75) is 6.54 Å². The molecule has 1 amide bonds. The summed E-state index contributed by atoms with van der Waals surface area (Å²) in [5.74, 6) is -1.66. The van der Waals surface area contributed by atoms with E-state index in [-0.39, 0.29) is 12.5 Å². The minimum atomic E-state index is -1.10. The molecule has 20 heavy (non-hydrogen) atoms. The third-order valence-electron chi connectivity index (χ3n) is 2.65. The number of aliphatic carboxylic acids is 1. The van der Waals surface area contributed by atoms with E-state index in [2.05, 4.69) is 5.32 Å². The second-order valence-corrected chi connectivity index (χ2v) is 4.36. The number of nitrogens with one attached hydrogen (secondary N) is 1. The van der Waals surface area contributed by atoms with Crippen LogP contribution in [-0.4, -0.2) is 42.5 Å². The lowest BCUT2D eigenvalue weighted by Crippen LogP contribution is -2.32. The Hall–Kier alpha value is -2.21. The van der Waals surface area contributed by atoms with Crippen LogP contribution < -0.4 is 5.32 Å². The Morgan fingerprint density at radius 2 is 2.15 bits per heavy atom. The molecule has 1 aromatic rings. The molecule has 1 aromatic carbocycles. The van der Waals surface area contributed by atoms with Crippen LogP contribution >= 0.6 is 0 Å². The molecule has 0 aromatic heterocycles. The molecule has 0 aliphatic heterocycles. The van der Waals surface area contributed by atoms with Gasteiger partial charge in [-0.25, -0.2) is 9.18 Å². The van der Waals surface area contributed by atoms with Crippen LogP contribution in [0, 0.1) is 5.82 Å². The summed E-state index contributed by atoms with van der Waals surface area (Å²) in [5.41, 5.74) is 1.23. The van der Waals surface area contributed by atoms with Crippen LogP contribution in [0.2, 0.25) is 0 Å². The Morgan fingerprint density at radius 1 is 1.45 bits per heavy atom. The van der Waals surface area contributed by atoms with Gasteiger partial charge in [-0.1, -0.05) is 6.07 Å². The molecule has 0 fully saturated rings. The maximum absolute atomic E-state index is 13.2. The number of carboxylic acids is 1. The van der Waals surface area contributed by atoms with Crippen LogP contribution in [0.5, 0.6) is 0 Å². The summed E-state index contributed by atoms with van der Waals surface area (Å²) in [6, 6.07) is 4.15. The summed E-state index contributed by atoms with van der Waals surface area (Å²) in [7, 11) is 3.30. The Morgan fingerprint density at radius 3 is 2.75 bits per heavy atom. The Labute approximate surface area is 116 Å². The molecule has 5 nitrogen and oxygen atoms in total. The number of likely N-dealkylation sites (N-methyl/N-ethyl adjacent to an activating group) is 2. The lowest BCUT2D eigenvalue weighted by molar-refractivity contribution is -0.131. The van der Waals surface area contributed by atoms with Gasteiger partial charge in [-0.15, -0.1) is 0 Å². The van der Waals surface area contributed by atoms with Crippen molar-refractivity contribution in [3.05, 3.63) is 41.2 Å². The van der Waals surface area contributed by atoms with Crippen LogP contribution in [0.3, 0.4) is 0 Å². The zero-order chi connectivity index (χ0) is 15.1. The lowest BCUT2D eigenvalue weighted by Gasteiger charge is -2.17. The van der Waals surface area contributed by atoms with Gasteiger partial charge in [0, 0.05) is 19.7 Å². The van der Waals surface area contributed by atoms with E-state index >= 15 is 0 Å². The molecule has 0 aliphatic rings. The summed E-state index contributed by atoms with van der Waals surface area (Å²) in [6.07, 6.45) is 2.30. The first kappa shape index (κ1) is 15.8. The van der Waals surface area contributed by atoms with Gasteiger partial charge in [0.15, 0.2) is 0 Å². The molecular formula is C14H17FN2O3. The number of amides is 1. The van der Waals surface area contributed by atoms with Crippen molar-refractivity contribution in [2.24, 2.45) is 0 Å². The number of hydrogen-bond donors (Lipinski definition) is 2. The molecule has 0 heterocycles. The van der Waals surface area contributed by atoms with Crippen molar-refractivity contribution in [1.29, 1.82) is 0 Å². The summed E-state index contributed by atoms with van der Waals surface area (Å²) < 4.78 is 13.2. The molecule has 0 saturated carbocycles. The maximum Gasteiger partial charge on any atom is 0.328 e. The highest BCUT2D eigenvalue weighted by Crippen LogP contribution is 2.15. The number of rotatable bonds is 6. The molecular weight excluding hydrogens is 263 g/mol. The fraction of sp³-hybridized carbons (Fsp3) is 0.286. The zero-order valence-electron chi connectivity index (χ0n) is 11.4. The van der Waals surface area contributed by atoms with E-state index in [1.54, 1.807) is 25.1 Å². The molecule has 0 unspecified atom stereocenters. The van der Waals surface area contributed by atoms with E-state index in [4.69, 9.17) is 5.11 Å². The fourth-order valence-corrected chi connectivity index (χ4v) is 1.70. The van der Waals surface area contributed by atoms with Crippen molar-refractivity contribution in [3.8, 4) is 0 Å². The first-order chi connectivity index (χ1) is 9.42. The Bertz CT molecular complexity index is 529. The second-order valence-electron chi connectivity index (χ2n) is 4.36. The minimum absolute atomic E-state index is 0.128. The number of carbonyl (C=O) groups is 2.